The molecule has 2 nitrogen and oxygen atoms in total. The molecule has 2 atom stereocenters. The molecule has 1 aliphatic carbocycles. The van der Waals surface area contributed by atoms with Crippen molar-refractivity contribution in [1.29, 1.82) is 0 Å². The maximum atomic E-state index is 6.49. The Morgan fingerprint density at radius 1 is 1.24 bits per heavy atom. The van der Waals surface area contributed by atoms with Gasteiger partial charge in [0.25, 0.3) is 0 Å². The van der Waals surface area contributed by atoms with Crippen molar-refractivity contribution in [3.63, 3.8) is 0 Å². The first-order valence-electron chi connectivity index (χ1n) is 7.02. The molecule has 3 rings (SSSR count). The van der Waals surface area contributed by atoms with Crippen molar-refractivity contribution in [2.24, 2.45) is 5.73 Å². The minimum absolute atomic E-state index is 0.0728. The number of benzene rings is 2. The highest BCUT2D eigenvalue weighted by Crippen LogP contribution is 2.40. The van der Waals surface area contributed by atoms with E-state index in [4.69, 9.17) is 10.5 Å². The van der Waals surface area contributed by atoms with Crippen molar-refractivity contribution in [2.45, 2.75) is 29.0 Å². The smallest absolute Gasteiger partial charge is 0.119 e. The normalized spacial score (nSPS) is 20.9. The molecule has 0 saturated carbocycles. The Kier molecular flexibility index (Phi) is 4.57. The summed E-state index contributed by atoms with van der Waals surface area (Å²) < 4.78 is 6.41. The van der Waals surface area contributed by atoms with Gasteiger partial charge in [0, 0.05) is 20.7 Å². The van der Waals surface area contributed by atoms with Gasteiger partial charge >= 0.3 is 0 Å². The molecule has 4 heteroatoms. The largest absolute Gasteiger partial charge is 0.497 e. The molecule has 0 bridgehead atoms. The molecule has 2 aromatic rings. The first-order valence-corrected chi connectivity index (χ1v) is 8.69. The van der Waals surface area contributed by atoms with E-state index in [0.717, 1.165) is 23.1 Å². The zero-order valence-corrected chi connectivity index (χ0v) is 14.3. The van der Waals surface area contributed by atoms with E-state index in [9.17, 15) is 0 Å². The summed E-state index contributed by atoms with van der Waals surface area (Å²) in [6, 6.07) is 14.7. The minimum Gasteiger partial charge on any atom is -0.497 e. The van der Waals surface area contributed by atoms with Crippen molar-refractivity contribution in [3.05, 3.63) is 58.1 Å². The van der Waals surface area contributed by atoms with E-state index in [-0.39, 0.29) is 6.04 Å². The Balaban J connectivity index is 1.80. The Morgan fingerprint density at radius 2 is 2.10 bits per heavy atom. The molecule has 1 aliphatic rings. The van der Waals surface area contributed by atoms with Crippen LogP contribution in [0.3, 0.4) is 0 Å². The van der Waals surface area contributed by atoms with Crippen LogP contribution in [0.1, 0.15) is 23.6 Å². The predicted octanol–water partition coefficient (Wildman–Crippen LogP) is 4.56. The molecule has 0 heterocycles. The highest BCUT2D eigenvalue weighted by atomic mass is 79.9. The average Bonchev–Trinajstić information content (AvgIpc) is 2.50. The lowest BCUT2D eigenvalue weighted by Gasteiger charge is -2.31. The lowest BCUT2D eigenvalue weighted by Crippen LogP contribution is -2.29. The van der Waals surface area contributed by atoms with Crippen molar-refractivity contribution in [1.82, 2.24) is 0 Å². The third kappa shape index (κ3) is 3.28. The van der Waals surface area contributed by atoms with Gasteiger partial charge in [-0.2, -0.15) is 0 Å². The molecule has 2 aromatic carbocycles. The van der Waals surface area contributed by atoms with Gasteiger partial charge in [-0.05, 0) is 54.3 Å². The Bertz CT molecular complexity index is 646. The van der Waals surface area contributed by atoms with Crippen LogP contribution in [-0.2, 0) is 6.42 Å². The van der Waals surface area contributed by atoms with Gasteiger partial charge in [-0.15, -0.1) is 11.8 Å². The summed E-state index contributed by atoms with van der Waals surface area (Å²) in [5.74, 6) is 0.916. The molecule has 0 fully saturated rings. The second-order valence-electron chi connectivity index (χ2n) is 5.24. The van der Waals surface area contributed by atoms with Gasteiger partial charge in [-0.25, -0.2) is 0 Å². The Labute approximate surface area is 138 Å². The molecule has 2 N–H and O–H groups in total. The fourth-order valence-electron chi connectivity index (χ4n) is 2.78. The maximum absolute atomic E-state index is 6.49. The number of ether oxygens (including phenoxy) is 1. The number of hydrogen-bond donors (Lipinski definition) is 1. The molecule has 0 radical (unpaired) electrons. The number of nitrogens with two attached hydrogens (primary N) is 1. The van der Waals surface area contributed by atoms with Gasteiger partial charge in [0.15, 0.2) is 0 Å². The fourth-order valence-corrected chi connectivity index (χ4v) is 4.56. The van der Waals surface area contributed by atoms with Gasteiger partial charge in [0.1, 0.15) is 5.75 Å². The van der Waals surface area contributed by atoms with Crippen LogP contribution in [0.15, 0.2) is 51.8 Å². The first-order chi connectivity index (χ1) is 10.2. The molecule has 21 heavy (non-hydrogen) atoms. The highest BCUT2D eigenvalue weighted by Gasteiger charge is 2.27. The van der Waals surface area contributed by atoms with E-state index in [0.29, 0.717) is 5.25 Å². The van der Waals surface area contributed by atoms with Gasteiger partial charge in [-0.3, -0.25) is 0 Å². The zero-order chi connectivity index (χ0) is 14.8. The molecule has 110 valence electrons. The average molecular weight is 364 g/mol. The Hall–Kier alpha value is -0.970. The third-order valence-electron chi connectivity index (χ3n) is 3.89. The van der Waals surface area contributed by atoms with Crippen LogP contribution in [0.2, 0.25) is 0 Å². The van der Waals surface area contributed by atoms with E-state index in [1.807, 2.05) is 23.9 Å². The summed E-state index contributed by atoms with van der Waals surface area (Å²) in [5, 5.41) is 0.417. The monoisotopic (exact) mass is 363 g/mol. The summed E-state index contributed by atoms with van der Waals surface area (Å²) in [4.78, 5) is 1.27. The molecule has 0 amide bonds. The molecule has 0 aromatic heterocycles. The van der Waals surface area contributed by atoms with Gasteiger partial charge < -0.3 is 10.5 Å². The van der Waals surface area contributed by atoms with E-state index in [2.05, 4.69) is 46.3 Å². The van der Waals surface area contributed by atoms with E-state index in [1.165, 1.54) is 16.0 Å². The van der Waals surface area contributed by atoms with Crippen molar-refractivity contribution >= 4 is 27.7 Å². The van der Waals surface area contributed by atoms with Crippen LogP contribution in [0.25, 0.3) is 0 Å². The van der Waals surface area contributed by atoms with Crippen LogP contribution in [0.5, 0.6) is 5.75 Å². The van der Waals surface area contributed by atoms with E-state index < -0.39 is 0 Å². The van der Waals surface area contributed by atoms with Crippen LogP contribution in [0, 0.1) is 0 Å². The van der Waals surface area contributed by atoms with Crippen molar-refractivity contribution in [2.75, 3.05) is 7.11 Å². The summed E-state index contributed by atoms with van der Waals surface area (Å²) in [6.07, 6.45) is 2.16. The molecule has 2 unspecified atom stereocenters. The molecule has 0 spiro atoms. The van der Waals surface area contributed by atoms with Gasteiger partial charge in [0.2, 0.25) is 0 Å². The molecule has 0 aliphatic heterocycles. The van der Waals surface area contributed by atoms with Crippen LogP contribution >= 0.6 is 27.7 Å². The number of fused-ring (bicyclic) bond motifs is 1. The fraction of sp³-hybridized carbons (Fsp3) is 0.294. The number of hydrogen-bond acceptors (Lipinski definition) is 3. The topological polar surface area (TPSA) is 35.2 Å². The number of halogens is 1. The van der Waals surface area contributed by atoms with Crippen LogP contribution < -0.4 is 10.5 Å². The second kappa shape index (κ2) is 6.42. The molecule has 0 saturated heterocycles. The number of methoxy groups -OCH3 is 1. The predicted molar refractivity (Wildman–Crippen MR) is 92.0 cm³/mol. The van der Waals surface area contributed by atoms with E-state index in [1.54, 1.807) is 7.11 Å². The Morgan fingerprint density at radius 3 is 2.86 bits per heavy atom. The summed E-state index contributed by atoms with van der Waals surface area (Å²) in [7, 11) is 1.70. The van der Waals surface area contributed by atoms with Crippen LogP contribution in [0.4, 0.5) is 0 Å². The maximum Gasteiger partial charge on any atom is 0.119 e. The summed E-state index contributed by atoms with van der Waals surface area (Å²) >= 11 is 5.40. The lowest BCUT2D eigenvalue weighted by molar-refractivity contribution is 0.413. The lowest BCUT2D eigenvalue weighted by atomic mass is 9.87. The summed E-state index contributed by atoms with van der Waals surface area (Å²) in [6.45, 7) is 0. The first kappa shape index (κ1) is 14.9. The molecular formula is C17H18BrNOS. The van der Waals surface area contributed by atoms with Crippen LogP contribution in [-0.4, -0.2) is 12.4 Å². The van der Waals surface area contributed by atoms with Crippen molar-refractivity contribution in [3.8, 4) is 5.75 Å². The highest BCUT2D eigenvalue weighted by molar-refractivity contribution is 9.10. The molecular weight excluding hydrogens is 346 g/mol. The quantitative estimate of drug-likeness (QED) is 0.867. The standard InChI is InChI=1S/C17H18BrNOS/c1-20-13-6-7-15-11(9-13)5-8-16(17(15)19)21-14-4-2-3-12(18)10-14/h2-4,6-7,9-10,16-17H,5,8,19H2,1H3. The minimum atomic E-state index is 0.0728. The number of aryl methyl sites for hydroxylation is 1. The van der Waals surface area contributed by atoms with Crippen molar-refractivity contribution < 1.29 is 4.74 Å². The summed E-state index contributed by atoms with van der Waals surface area (Å²) in [5.41, 5.74) is 9.08. The second-order valence-corrected chi connectivity index (χ2v) is 7.47. The van der Waals surface area contributed by atoms with E-state index >= 15 is 0 Å². The van der Waals surface area contributed by atoms with Gasteiger partial charge in [0.05, 0.1) is 7.11 Å². The number of thioether (sulfide) groups is 1. The zero-order valence-electron chi connectivity index (χ0n) is 11.9. The van der Waals surface area contributed by atoms with Gasteiger partial charge in [-0.1, -0.05) is 28.1 Å². The third-order valence-corrected chi connectivity index (χ3v) is 5.74. The number of rotatable bonds is 3. The SMILES string of the molecule is COc1ccc2c(c1)CCC(Sc1cccc(Br)c1)C2N.